The molecule has 40 heavy (non-hydrogen) atoms. The van der Waals surface area contributed by atoms with E-state index in [2.05, 4.69) is 0 Å². The summed E-state index contributed by atoms with van der Waals surface area (Å²) < 4.78 is 39.6. The van der Waals surface area contributed by atoms with E-state index < -0.39 is 17.6 Å². The Hall–Kier alpha value is -4.13. The van der Waals surface area contributed by atoms with Crippen LogP contribution in [-0.4, -0.2) is 24.6 Å². The van der Waals surface area contributed by atoms with Crippen molar-refractivity contribution >= 4 is 28.5 Å². The lowest BCUT2D eigenvalue weighted by molar-refractivity contribution is -0.139. The van der Waals surface area contributed by atoms with Crippen LogP contribution in [0.5, 0.6) is 0 Å². The predicted octanol–water partition coefficient (Wildman–Crippen LogP) is 7.73. The summed E-state index contributed by atoms with van der Waals surface area (Å²) in [5.41, 5.74) is 2.96. The number of hydrogen-bond donors (Lipinski definition) is 0. The third-order valence-electron chi connectivity index (χ3n) is 8.46. The summed E-state index contributed by atoms with van der Waals surface area (Å²) in [6.07, 6.45) is 3.54. The van der Waals surface area contributed by atoms with Gasteiger partial charge in [-0.25, -0.2) is 8.78 Å². The number of rotatable bonds is 9. The Labute approximate surface area is 230 Å². The van der Waals surface area contributed by atoms with E-state index in [0.717, 1.165) is 19.3 Å². The molecule has 1 heterocycles. The van der Waals surface area contributed by atoms with Crippen LogP contribution in [0.4, 0.5) is 8.78 Å². The van der Waals surface area contributed by atoms with Crippen molar-refractivity contribution in [1.29, 1.82) is 0 Å². The zero-order valence-corrected chi connectivity index (χ0v) is 22.3. The zero-order valence-electron chi connectivity index (χ0n) is 22.3. The van der Waals surface area contributed by atoms with Gasteiger partial charge in [-0.2, -0.15) is 0 Å². The molecule has 3 saturated carbocycles. The molecule has 3 aliphatic rings. The second kappa shape index (κ2) is 9.81. The molecule has 1 aromatic heterocycles. The molecular weight excluding hydrogens is 514 g/mol. The quantitative estimate of drug-likeness (QED) is 0.160. The van der Waals surface area contributed by atoms with Crippen molar-refractivity contribution < 1.29 is 32.3 Å². The van der Waals surface area contributed by atoms with Gasteiger partial charge in [-0.1, -0.05) is 13.0 Å². The number of ether oxygens (including phenoxy) is 1. The van der Waals surface area contributed by atoms with E-state index in [1.165, 1.54) is 31.4 Å². The monoisotopic (exact) mass is 542 g/mol. The third kappa shape index (κ3) is 4.43. The Balaban J connectivity index is 1.51. The number of furan rings is 1. The first kappa shape index (κ1) is 26.1. The fourth-order valence-corrected chi connectivity index (χ4v) is 6.30. The summed E-state index contributed by atoms with van der Waals surface area (Å²) in [7, 11) is 1.29. The highest BCUT2D eigenvalue weighted by molar-refractivity contribution is 6.13. The van der Waals surface area contributed by atoms with Gasteiger partial charge in [0.25, 0.3) is 0 Å². The maximum Gasteiger partial charge on any atom is 0.310 e. The second-order valence-corrected chi connectivity index (χ2v) is 11.1. The van der Waals surface area contributed by atoms with E-state index in [9.17, 15) is 23.2 Å². The molecule has 0 aliphatic heterocycles. The van der Waals surface area contributed by atoms with Gasteiger partial charge in [-0.05, 0) is 95.8 Å². The highest BCUT2D eigenvalue weighted by atomic mass is 19.1. The number of benzene rings is 3. The largest absolute Gasteiger partial charge is 0.469 e. The maximum absolute atomic E-state index is 14.9. The molecule has 5 nitrogen and oxygen atoms in total. The normalized spacial score (nSPS) is 19.1. The van der Waals surface area contributed by atoms with Crippen LogP contribution in [0.25, 0.3) is 33.4 Å². The van der Waals surface area contributed by atoms with Crippen LogP contribution in [0.1, 0.15) is 65.3 Å². The molecule has 0 N–H and O–H groups in total. The Kier molecular flexibility index (Phi) is 6.40. The Morgan fingerprint density at radius 3 is 2.27 bits per heavy atom. The molecule has 7 rings (SSSR count). The number of esters is 1. The van der Waals surface area contributed by atoms with Crippen LogP contribution < -0.4 is 0 Å². The van der Waals surface area contributed by atoms with Gasteiger partial charge in [0.1, 0.15) is 23.0 Å². The molecule has 3 fully saturated rings. The Morgan fingerprint density at radius 1 is 0.950 bits per heavy atom. The summed E-state index contributed by atoms with van der Waals surface area (Å²) in [5, 5.41) is 0.515. The van der Waals surface area contributed by atoms with Gasteiger partial charge in [-0.15, -0.1) is 0 Å². The predicted molar refractivity (Wildman–Crippen MR) is 146 cm³/mol. The van der Waals surface area contributed by atoms with Gasteiger partial charge in [-0.3, -0.25) is 14.4 Å². The lowest BCUT2D eigenvalue weighted by Gasteiger charge is -2.62. The van der Waals surface area contributed by atoms with Gasteiger partial charge in [0, 0.05) is 23.8 Å². The first-order chi connectivity index (χ1) is 19.2. The van der Waals surface area contributed by atoms with Crippen molar-refractivity contribution in [2.45, 2.75) is 45.4 Å². The number of ketones is 2. The van der Waals surface area contributed by atoms with Crippen molar-refractivity contribution in [1.82, 2.24) is 0 Å². The van der Waals surface area contributed by atoms with Crippen LogP contribution in [-0.2, 0) is 16.0 Å². The third-order valence-corrected chi connectivity index (χ3v) is 8.46. The average Bonchev–Trinajstić information content (AvgIpc) is 3.28. The number of fused-ring (bicyclic) bond motifs is 1. The average molecular weight is 543 g/mol. The van der Waals surface area contributed by atoms with Crippen molar-refractivity contribution in [3.8, 4) is 22.5 Å². The maximum atomic E-state index is 14.9. The fourth-order valence-electron chi connectivity index (χ4n) is 6.30. The highest BCUT2D eigenvalue weighted by Gasteiger charge is 2.57. The molecule has 0 spiro atoms. The van der Waals surface area contributed by atoms with E-state index >= 15 is 0 Å². The van der Waals surface area contributed by atoms with E-state index in [1.54, 1.807) is 37.3 Å². The molecule has 0 atom stereocenters. The van der Waals surface area contributed by atoms with Crippen molar-refractivity contribution in [3.05, 3.63) is 82.9 Å². The van der Waals surface area contributed by atoms with Gasteiger partial charge in [0.05, 0.1) is 24.7 Å². The van der Waals surface area contributed by atoms with E-state index in [0.29, 0.717) is 56.9 Å². The lowest BCUT2D eigenvalue weighted by atomic mass is 9.43. The van der Waals surface area contributed by atoms with E-state index in [-0.39, 0.29) is 35.4 Å². The molecule has 0 amide bonds. The molecule has 0 radical (unpaired) electrons. The SMILES string of the molecule is CCC(=O)c1c(-c2ccc(F)cc2)oc2cc(CC(=O)OC)c(-c3ccc(F)c(C(=O)CC45CC(C4)C5)c3)cc12. The number of carbonyl (C=O) groups excluding carboxylic acids is 3. The van der Waals surface area contributed by atoms with Crippen LogP contribution in [0.15, 0.2) is 59.0 Å². The van der Waals surface area contributed by atoms with Gasteiger partial charge in [0.2, 0.25) is 0 Å². The minimum atomic E-state index is -0.584. The molecular formula is C33H28F2O5. The summed E-state index contributed by atoms with van der Waals surface area (Å²) in [6, 6.07) is 13.5. The van der Waals surface area contributed by atoms with Crippen LogP contribution >= 0.6 is 0 Å². The summed E-state index contributed by atoms with van der Waals surface area (Å²) >= 11 is 0. The van der Waals surface area contributed by atoms with Crippen molar-refractivity contribution in [3.63, 3.8) is 0 Å². The van der Waals surface area contributed by atoms with Gasteiger partial charge in [0.15, 0.2) is 11.6 Å². The minimum absolute atomic E-state index is 0.0235. The van der Waals surface area contributed by atoms with Gasteiger partial charge >= 0.3 is 5.97 Å². The first-order valence-corrected chi connectivity index (χ1v) is 13.5. The standard InChI is InChI=1S/C33H28F2O5/c1-3-27(36)31-25-13-23(20-6-9-26(35)24(10-20)28(37)17-33-14-18(15-33)16-33)21(12-30(38)39-2)11-29(25)40-32(31)19-4-7-22(34)8-5-19/h4-11,13,18H,3,12,14-17H2,1-2H3. The molecule has 0 unspecified atom stereocenters. The second-order valence-electron chi connectivity index (χ2n) is 11.1. The zero-order chi connectivity index (χ0) is 28.2. The van der Waals surface area contributed by atoms with Crippen LogP contribution in [0, 0.1) is 23.0 Å². The molecule has 0 saturated heterocycles. The molecule has 3 aromatic carbocycles. The number of methoxy groups -OCH3 is 1. The molecule has 2 bridgehead atoms. The molecule has 4 aromatic rings. The first-order valence-electron chi connectivity index (χ1n) is 13.5. The topological polar surface area (TPSA) is 73.6 Å². The summed E-state index contributed by atoms with van der Waals surface area (Å²) in [5.74, 6) is -0.864. The Bertz CT molecular complexity index is 1660. The number of Topliss-reactive ketones (excluding diaryl/α,β-unsaturated/α-hetero) is 2. The lowest BCUT2D eigenvalue weighted by Crippen LogP contribution is -2.52. The van der Waals surface area contributed by atoms with Crippen LogP contribution in [0.3, 0.4) is 0 Å². The van der Waals surface area contributed by atoms with E-state index in [1.807, 2.05) is 0 Å². The fraction of sp³-hybridized carbons (Fsp3) is 0.303. The van der Waals surface area contributed by atoms with E-state index in [4.69, 9.17) is 9.15 Å². The van der Waals surface area contributed by atoms with Crippen molar-refractivity contribution in [2.24, 2.45) is 11.3 Å². The minimum Gasteiger partial charge on any atom is -0.469 e. The summed E-state index contributed by atoms with van der Waals surface area (Å²) in [6.45, 7) is 1.74. The molecule has 204 valence electrons. The number of halogens is 2. The Morgan fingerprint density at radius 2 is 1.65 bits per heavy atom. The number of carbonyl (C=O) groups is 3. The number of hydrogen-bond acceptors (Lipinski definition) is 5. The highest BCUT2D eigenvalue weighted by Crippen LogP contribution is 2.66. The smallest absolute Gasteiger partial charge is 0.310 e. The molecule has 3 aliphatic carbocycles. The van der Waals surface area contributed by atoms with Crippen molar-refractivity contribution in [2.75, 3.05) is 7.11 Å². The molecule has 7 heteroatoms. The van der Waals surface area contributed by atoms with Gasteiger partial charge < -0.3 is 9.15 Å². The van der Waals surface area contributed by atoms with Crippen LogP contribution in [0.2, 0.25) is 0 Å². The summed E-state index contributed by atoms with van der Waals surface area (Å²) in [4.78, 5) is 38.7.